The van der Waals surface area contributed by atoms with Crippen molar-refractivity contribution in [3.63, 3.8) is 0 Å². The van der Waals surface area contributed by atoms with Crippen molar-refractivity contribution in [2.24, 2.45) is 0 Å². The van der Waals surface area contributed by atoms with Crippen LogP contribution in [-0.4, -0.2) is 51.2 Å². The fourth-order valence-electron chi connectivity index (χ4n) is 3.44. The van der Waals surface area contributed by atoms with Crippen LogP contribution in [0.15, 0.2) is 24.5 Å². The standard InChI is InChI=1S/C19H24N6/c1-24(10-13-8-20-19(21-9-13)15-4-5-15)16-11-25(12-16)18-7-6-17(22-23-18)14-2-3-14/h6-9,14-16H,2-5,10-12H2,1H3. The maximum Gasteiger partial charge on any atom is 0.151 e. The Balaban J connectivity index is 1.14. The molecular formula is C19H24N6. The van der Waals surface area contributed by atoms with E-state index in [0.29, 0.717) is 17.9 Å². The minimum absolute atomic E-state index is 0.549. The van der Waals surface area contributed by atoms with E-state index in [4.69, 9.17) is 0 Å². The van der Waals surface area contributed by atoms with E-state index in [9.17, 15) is 0 Å². The third kappa shape index (κ3) is 3.23. The quantitative estimate of drug-likeness (QED) is 0.807. The molecule has 5 rings (SSSR count). The number of rotatable bonds is 6. The van der Waals surface area contributed by atoms with Gasteiger partial charge >= 0.3 is 0 Å². The van der Waals surface area contributed by atoms with Crippen LogP contribution in [0.1, 0.15) is 54.6 Å². The summed E-state index contributed by atoms with van der Waals surface area (Å²) in [7, 11) is 2.18. The van der Waals surface area contributed by atoms with Gasteiger partial charge in [0, 0.05) is 55.5 Å². The van der Waals surface area contributed by atoms with Gasteiger partial charge < -0.3 is 4.90 Å². The number of nitrogens with zero attached hydrogens (tertiary/aromatic N) is 6. The Labute approximate surface area is 148 Å². The second-order valence-electron chi connectivity index (χ2n) is 7.79. The van der Waals surface area contributed by atoms with Crippen LogP contribution < -0.4 is 4.90 Å². The van der Waals surface area contributed by atoms with Crippen molar-refractivity contribution in [1.29, 1.82) is 0 Å². The van der Waals surface area contributed by atoms with Gasteiger partial charge in [-0.1, -0.05) is 0 Å². The summed E-state index contributed by atoms with van der Waals surface area (Å²) in [5.41, 5.74) is 2.35. The lowest BCUT2D eigenvalue weighted by Gasteiger charge is -2.44. The molecule has 3 heterocycles. The maximum atomic E-state index is 4.52. The Morgan fingerprint density at radius 3 is 2.32 bits per heavy atom. The largest absolute Gasteiger partial charge is 0.352 e. The molecule has 1 aliphatic heterocycles. The molecule has 3 fully saturated rings. The van der Waals surface area contributed by atoms with Crippen molar-refractivity contribution in [2.75, 3.05) is 25.0 Å². The van der Waals surface area contributed by atoms with Gasteiger partial charge in [0.05, 0.1) is 5.69 Å². The molecule has 0 atom stereocenters. The molecule has 0 bridgehead atoms. The topological polar surface area (TPSA) is 58.0 Å². The van der Waals surface area contributed by atoms with Crippen molar-refractivity contribution in [1.82, 2.24) is 25.1 Å². The number of hydrogen-bond acceptors (Lipinski definition) is 6. The summed E-state index contributed by atoms with van der Waals surface area (Å²) in [6, 6.07) is 4.82. The normalized spacial score (nSPS) is 20.8. The zero-order chi connectivity index (χ0) is 16.8. The number of anilines is 1. The van der Waals surface area contributed by atoms with Gasteiger partial charge in [0.15, 0.2) is 5.82 Å². The van der Waals surface area contributed by atoms with Crippen LogP contribution in [0.3, 0.4) is 0 Å². The molecule has 130 valence electrons. The highest BCUT2D eigenvalue weighted by atomic mass is 15.4. The Bertz CT molecular complexity index is 730. The fourth-order valence-corrected chi connectivity index (χ4v) is 3.44. The van der Waals surface area contributed by atoms with Crippen molar-refractivity contribution in [3.8, 4) is 0 Å². The second-order valence-corrected chi connectivity index (χ2v) is 7.79. The number of hydrogen-bond donors (Lipinski definition) is 0. The van der Waals surface area contributed by atoms with E-state index in [1.807, 2.05) is 12.4 Å². The smallest absolute Gasteiger partial charge is 0.151 e. The van der Waals surface area contributed by atoms with Gasteiger partial charge in [-0.15, -0.1) is 5.10 Å². The first-order valence-electron chi connectivity index (χ1n) is 9.36. The molecule has 0 radical (unpaired) electrons. The van der Waals surface area contributed by atoms with E-state index >= 15 is 0 Å². The molecule has 0 amide bonds. The molecule has 2 saturated carbocycles. The highest BCUT2D eigenvalue weighted by Gasteiger charge is 2.32. The molecule has 0 unspecified atom stereocenters. The molecule has 25 heavy (non-hydrogen) atoms. The minimum atomic E-state index is 0.549. The average Bonchev–Trinajstić information content (AvgIpc) is 3.47. The lowest BCUT2D eigenvalue weighted by molar-refractivity contribution is 0.196. The summed E-state index contributed by atoms with van der Waals surface area (Å²) in [5.74, 6) is 3.32. The molecule has 2 aromatic heterocycles. The summed E-state index contributed by atoms with van der Waals surface area (Å²) in [5, 5.41) is 8.80. The first-order valence-corrected chi connectivity index (χ1v) is 9.36. The molecule has 0 aromatic carbocycles. The van der Waals surface area contributed by atoms with Gasteiger partial charge in [-0.25, -0.2) is 9.97 Å². The van der Waals surface area contributed by atoms with Gasteiger partial charge in [0.2, 0.25) is 0 Å². The lowest BCUT2D eigenvalue weighted by atomic mass is 10.1. The zero-order valence-electron chi connectivity index (χ0n) is 14.7. The summed E-state index contributed by atoms with van der Waals surface area (Å²) in [6.45, 7) is 2.92. The Hall–Kier alpha value is -2.08. The zero-order valence-corrected chi connectivity index (χ0v) is 14.7. The molecule has 6 nitrogen and oxygen atoms in total. The molecule has 2 aliphatic carbocycles. The Kier molecular flexibility index (Phi) is 3.66. The van der Waals surface area contributed by atoms with Crippen molar-refractivity contribution in [3.05, 3.63) is 41.6 Å². The summed E-state index contributed by atoms with van der Waals surface area (Å²) in [4.78, 5) is 13.7. The van der Waals surface area contributed by atoms with Gasteiger partial charge in [-0.05, 0) is 44.9 Å². The molecule has 0 N–H and O–H groups in total. The molecule has 3 aliphatic rings. The third-order valence-corrected chi connectivity index (χ3v) is 5.58. The summed E-state index contributed by atoms with van der Waals surface area (Å²) < 4.78 is 0. The number of likely N-dealkylation sites (N-methyl/N-ethyl adjacent to an activating group) is 1. The first-order chi connectivity index (χ1) is 12.3. The van der Waals surface area contributed by atoms with E-state index in [1.165, 1.54) is 31.2 Å². The predicted molar refractivity (Wildman–Crippen MR) is 95.5 cm³/mol. The summed E-state index contributed by atoms with van der Waals surface area (Å²) in [6.07, 6.45) is 9.04. The van der Waals surface area contributed by atoms with Crippen LogP contribution in [-0.2, 0) is 6.54 Å². The Morgan fingerprint density at radius 1 is 1.00 bits per heavy atom. The van der Waals surface area contributed by atoms with Crippen LogP contribution in [0.2, 0.25) is 0 Å². The maximum absolute atomic E-state index is 4.52. The minimum Gasteiger partial charge on any atom is -0.352 e. The van der Waals surface area contributed by atoms with Gasteiger partial charge in [-0.3, -0.25) is 4.90 Å². The molecular weight excluding hydrogens is 312 g/mol. The third-order valence-electron chi connectivity index (χ3n) is 5.58. The van der Waals surface area contributed by atoms with E-state index < -0.39 is 0 Å². The van der Waals surface area contributed by atoms with Crippen LogP contribution in [0, 0.1) is 0 Å². The monoisotopic (exact) mass is 336 g/mol. The van der Waals surface area contributed by atoms with Crippen molar-refractivity contribution >= 4 is 5.82 Å². The lowest BCUT2D eigenvalue weighted by Crippen LogP contribution is -2.58. The highest BCUT2D eigenvalue weighted by Crippen LogP contribution is 2.39. The van der Waals surface area contributed by atoms with E-state index in [2.05, 4.69) is 49.1 Å². The van der Waals surface area contributed by atoms with Crippen LogP contribution in [0.5, 0.6) is 0 Å². The molecule has 1 saturated heterocycles. The van der Waals surface area contributed by atoms with Crippen molar-refractivity contribution in [2.45, 2.75) is 50.1 Å². The van der Waals surface area contributed by atoms with Crippen molar-refractivity contribution < 1.29 is 0 Å². The predicted octanol–water partition coefficient (Wildman–Crippen LogP) is 2.34. The second kappa shape index (κ2) is 6.02. The van der Waals surface area contributed by atoms with Crippen LogP contribution in [0.4, 0.5) is 5.82 Å². The van der Waals surface area contributed by atoms with E-state index in [0.717, 1.165) is 37.0 Å². The SMILES string of the molecule is CN(Cc1cnc(C2CC2)nc1)C1CN(c2ccc(C3CC3)nn2)C1. The van der Waals surface area contributed by atoms with Gasteiger partial charge in [0.1, 0.15) is 5.82 Å². The molecule has 2 aromatic rings. The van der Waals surface area contributed by atoms with Gasteiger partial charge in [-0.2, -0.15) is 5.10 Å². The van der Waals surface area contributed by atoms with Gasteiger partial charge in [0.25, 0.3) is 0 Å². The Morgan fingerprint density at radius 2 is 1.72 bits per heavy atom. The molecule has 6 heteroatoms. The average molecular weight is 336 g/mol. The van der Waals surface area contributed by atoms with Crippen LogP contribution in [0.25, 0.3) is 0 Å². The highest BCUT2D eigenvalue weighted by molar-refractivity contribution is 5.42. The summed E-state index contributed by atoms with van der Waals surface area (Å²) >= 11 is 0. The first kappa shape index (κ1) is 15.2. The van der Waals surface area contributed by atoms with E-state index in [1.54, 1.807) is 0 Å². The van der Waals surface area contributed by atoms with Crippen LogP contribution >= 0.6 is 0 Å². The van der Waals surface area contributed by atoms with E-state index in [-0.39, 0.29) is 0 Å². The molecule has 0 spiro atoms. The fraction of sp³-hybridized carbons (Fsp3) is 0.579. The number of aromatic nitrogens is 4.